The number of likely N-dealkylation sites (N-methyl/N-ethyl adjacent to an activating group) is 1. The van der Waals surface area contributed by atoms with E-state index in [0.717, 1.165) is 6.42 Å². The van der Waals surface area contributed by atoms with Gasteiger partial charge >= 0.3 is 0 Å². The highest BCUT2D eigenvalue weighted by Gasteiger charge is 2.34. The number of nitrogens with one attached hydrogen (secondary N) is 1. The smallest absolute Gasteiger partial charge is 0.236 e. The molecule has 0 unspecified atom stereocenters. The van der Waals surface area contributed by atoms with Crippen molar-refractivity contribution in [2.24, 2.45) is 0 Å². The summed E-state index contributed by atoms with van der Waals surface area (Å²) in [5, 5.41) is 3.37. The van der Waals surface area contributed by atoms with Crippen LogP contribution in [0.2, 0.25) is 0 Å². The van der Waals surface area contributed by atoms with E-state index < -0.39 is 0 Å². The lowest BCUT2D eigenvalue weighted by atomic mass is 9.75. The van der Waals surface area contributed by atoms with Gasteiger partial charge in [0.1, 0.15) is 0 Å². The van der Waals surface area contributed by atoms with Crippen LogP contribution >= 0.6 is 0 Å². The highest BCUT2D eigenvalue weighted by molar-refractivity contribution is 5.77. The molecule has 0 saturated heterocycles. The molecule has 1 aliphatic carbocycles. The first kappa shape index (κ1) is 10.5. The van der Waals surface area contributed by atoms with Crippen LogP contribution in [0.1, 0.15) is 32.6 Å². The van der Waals surface area contributed by atoms with Crippen molar-refractivity contribution in [3.63, 3.8) is 0 Å². The zero-order chi connectivity index (χ0) is 9.90. The van der Waals surface area contributed by atoms with Crippen LogP contribution in [-0.2, 0) is 4.79 Å². The molecule has 0 aromatic heterocycles. The van der Waals surface area contributed by atoms with E-state index in [-0.39, 0.29) is 11.4 Å². The molecule has 0 aromatic rings. The van der Waals surface area contributed by atoms with Crippen LogP contribution in [0.3, 0.4) is 0 Å². The maximum atomic E-state index is 11.3. The van der Waals surface area contributed by atoms with Crippen molar-refractivity contribution in [1.82, 2.24) is 10.2 Å². The Balaban J connectivity index is 2.28. The molecule has 0 heterocycles. The minimum absolute atomic E-state index is 0.166. The predicted molar refractivity (Wildman–Crippen MR) is 53.6 cm³/mol. The van der Waals surface area contributed by atoms with Gasteiger partial charge in [0.25, 0.3) is 0 Å². The van der Waals surface area contributed by atoms with Gasteiger partial charge in [0.15, 0.2) is 0 Å². The third kappa shape index (κ3) is 2.44. The van der Waals surface area contributed by atoms with Crippen LogP contribution in [0.25, 0.3) is 0 Å². The van der Waals surface area contributed by atoms with Gasteiger partial charge in [-0.1, -0.05) is 6.92 Å². The number of hydrogen-bond donors (Lipinski definition) is 1. The van der Waals surface area contributed by atoms with Crippen molar-refractivity contribution in [2.45, 2.75) is 38.1 Å². The summed E-state index contributed by atoms with van der Waals surface area (Å²) >= 11 is 0. The lowest BCUT2D eigenvalue weighted by molar-refractivity contribution is -0.128. The highest BCUT2D eigenvalue weighted by atomic mass is 16.2. The first-order valence-electron chi connectivity index (χ1n) is 5.05. The molecule has 1 N–H and O–H groups in total. The SMILES string of the molecule is CCC1(NCC(=O)N(C)C)CCC1. The molecule has 0 radical (unpaired) electrons. The molecule has 0 aromatic carbocycles. The summed E-state index contributed by atoms with van der Waals surface area (Å²) < 4.78 is 0. The third-order valence-electron chi connectivity index (χ3n) is 3.10. The summed E-state index contributed by atoms with van der Waals surface area (Å²) in [4.78, 5) is 12.9. The fourth-order valence-corrected chi connectivity index (χ4v) is 1.68. The molecule has 3 nitrogen and oxygen atoms in total. The summed E-state index contributed by atoms with van der Waals surface area (Å²) in [5.74, 6) is 0.166. The standard InChI is InChI=1S/C10H20N2O/c1-4-10(6-5-7-10)11-8-9(13)12(2)3/h11H,4-8H2,1-3H3. The first-order valence-corrected chi connectivity index (χ1v) is 5.05. The molecule has 0 spiro atoms. The Morgan fingerprint density at radius 3 is 2.38 bits per heavy atom. The summed E-state index contributed by atoms with van der Waals surface area (Å²) in [6.07, 6.45) is 4.89. The van der Waals surface area contributed by atoms with E-state index in [1.54, 1.807) is 19.0 Å². The van der Waals surface area contributed by atoms with Gasteiger partial charge in [0, 0.05) is 19.6 Å². The van der Waals surface area contributed by atoms with Crippen molar-refractivity contribution in [3.8, 4) is 0 Å². The topological polar surface area (TPSA) is 32.3 Å². The molecule has 76 valence electrons. The Morgan fingerprint density at radius 2 is 2.08 bits per heavy atom. The number of hydrogen-bond acceptors (Lipinski definition) is 2. The van der Waals surface area contributed by atoms with Crippen LogP contribution < -0.4 is 5.32 Å². The Morgan fingerprint density at radius 1 is 1.46 bits per heavy atom. The van der Waals surface area contributed by atoms with Crippen LogP contribution in [0.5, 0.6) is 0 Å². The number of carbonyl (C=O) groups excluding carboxylic acids is 1. The second-order valence-corrected chi connectivity index (χ2v) is 4.13. The zero-order valence-electron chi connectivity index (χ0n) is 8.89. The van der Waals surface area contributed by atoms with Gasteiger partial charge in [-0.25, -0.2) is 0 Å². The van der Waals surface area contributed by atoms with E-state index in [1.165, 1.54) is 19.3 Å². The molecule has 1 aliphatic rings. The summed E-state index contributed by atoms with van der Waals surface area (Å²) in [5.41, 5.74) is 0.283. The Hall–Kier alpha value is -0.570. The zero-order valence-corrected chi connectivity index (χ0v) is 8.89. The fraction of sp³-hybridized carbons (Fsp3) is 0.900. The average Bonchev–Trinajstić information content (AvgIpc) is 2.02. The third-order valence-corrected chi connectivity index (χ3v) is 3.10. The maximum Gasteiger partial charge on any atom is 0.236 e. The van der Waals surface area contributed by atoms with Gasteiger partial charge < -0.3 is 10.2 Å². The second kappa shape index (κ2) is 4.09. The Bertz CT molecular complexity index is 180. The number of nitrogens with zero attached hydrogens (tertiary/aromatic N) is 1. The maximum absolute atomic E-state index is 11.3. The minimum Gasteiger partial charge on any atom is -0.348 e. The van der Waals surface area contributed by atoms with Gasteiger partial charge in [-0.2, -0.15) is 0 Å². The predicted octanol–water partition coefficient (Wildman–Crippen LogP) is 0.997. The van der Waals surface area contributed by atoms with Gasteiger partial charge in [-0.3, -0.25) is 4.79 Å². The molecule has 1 fully saturated rings. The van der Waals surface area contributed by atoms with Gasteiger partial charge in [0.05, 0.1) is 6.54 Å². The molecule has 3 heteroatoms. The normalized spacial score (nSPS) is 19.3. The van der Waals surface area contributed by atoms with Crippen molar-refractivity contribution < 1.29 is 4.79 Å². The van der Waals surface area contributed by atoms with Crippen molar-refractivity contribution >= 4 is 5.91 Å². The van der Waals surface area contributed by atoms with E-state index in [2.05, 4.69) is 12.2 Å². The number of amides is 1. The lowest BCUT2D eigenvalue weighted by Crippen LogP contribution is -2.53. The molecule has 0 bridgehead atoms. The van der Waals surface area contributed by atoms with E-state index >= 15 is 0 Å². The Kier molecular flexibility index (Phi) is 3.31. The molecule has 1 rings (SSSR count). The monoisotopic (exact) mass is 184 g/mol. The second-order valence-electron chi connectivity index (χ2n) is 4.13. The van der Waals surface area contributed by atoms with Crippen LogP contribution in [0.15, 0.2) is 0 Å². The van der Waals surface area contributed by atoms with E-state index in [0.29, 0.717) is 6.54 Å². The molecule has 1 saturated carbocycles. The first-order chi connectivity index (χ1) is 6.09. The largest absolute Gasteiger partial charge is 0.348 e. The van der Waals surface area contributed by atoms with Gasteiger partial charge in [-0.15, -0.1) is 0 Å². The van der Waals surface area contributed by atoms with Gasteiger partial charge in [0.2, 0.25) is 5.91 Å². The molecular weight excluding hydrogens is 164 g/mol. The number of rotatable bonds is 4. The van der Waals surface area contributed by atoms with Crippen molar-refractivity contribution in [1.29, 1.82) is 0 Å². The van der Waals surface area contributed by atoms with Crippen LogP contribution in [-0.4, -0.2) is 37.0 Å². The molecule has 0 atom stereocenters. The average molecular weight is 184 g/mol. The summed E-state index contributed by atoms with van der Waals surface area (Å²) in [6.45, 7) is 2.67. The van der Waals surface area contributed by atoms with Crippen LogP contribution in [0, 0.1) is 0 Å². The molecule has 13 heavy (non-hydrogen) atoms. The molecule has 1 amide bonds. The minimum atomic E-state index is 0.166. The molecular formula is C10H20N2O. The van der Waals surface area contributed by atoms with Crippen molar-refractivity contribution in [3.05, 3.63) is 0 Å². The van der Waals surface area contributed by atoms with Crippen LogP contribution in [0.4, 0.5) is 0 Å². The highest BCUT2D eigenvalue weighted by Crippen LogP contribution is 2.34. The van der Waals surface area contributed by atoms with E-state index in [4.69, 9.17) is 0 Å². The molecule has 0 aliphatic heterocycles. The fourth-order valence-electron chi connectivity index (χ4n) is 1.68. The van der Waals surface area contributed by atoms with Crippen molar-refractivity contribution in [2.75, 3.05) is 20.6 Å². The summed E-state index contributed by atoms with van der Waals surface area (Å²) in [6, 6.07) is 0. The quantitative estimate of drug-likeness (QED) is 0.707. The lowest BCUT2D eigenvalue weighted by Gasteiger charge is -2.42. The summed E-state index contributed by atoms with van der Waals surface area (Å²) in [7, 11) is 3.59. The number of carbonyl (C=O) groups is 1. The van der Waals surface area contributed by atoms with E-state index in [1.807, 2.05) is 0 Å². The van der Waals surface area contributed by atoms with E-state index in [9.17, 15) is 4.79 Å². The Labute approximate surface area is 80.5 Å². The van der Waals surface area contributed by atoms with Gasteiger partial charge in [-0.05, 0) is 25.7 Å².